The fraction of sp³-hybridized carbons (Fsp3) is 0.571. The van der Waals surface area contributed by atoms with Crippen LogP contribution < -0.4 is 4.90 Å². The number of halogens is 1. The zero-order valence-electron chi connectivity index (χ0n) is 11.3. The predicted octanol–water partition coefficient (Wildman–Crippen LogP) is 2.41. The maximum absolute atomic E-state index is 13.2. The van der Waals surface area contributed by atoms with Gasteiger partial charge in [-0.25, -0.2) is 4.39 Å². The lowest BCUT2D eigenvalue weighted by Crippen LogP contribution is -2.35. The summed E-state index contributed by atoms with van der Waals surface area (Å²) in [6.45, 7) is 3.86. The summed E-state index contributed by atoms with van der Waals surface area (Å²) in [5.74, 6) is -0.560. The third-order valence-electron chi connectivity index (χ3n) is 4.30. The molecule has 1 aromatic carbocycles. The summed E-state index contributed by atoms with van der Waals surface area (Å²) in [7, 11) is 0. The summed E-state index contributed by atoms with van der Waals surface area (Å²) in [4.78, 5) is 15.1. The molecule has 5 nitrogen and oxygen atoms in total. The minimum absolute atomic E-state index is 0.132. The largest absolute Gasteiger partial charge is 0.364 e. The smallest absolute Gasteiger partial charge is 0.295 e. The maximum atomic E-state index is 13.2. The minimum Gasteiger partial charge on any atom is -0.364 e. The first-order chi connectivity index (χ1) is 9.65. The highest BCUT2D eigenvalue weighted by atomic mass is 19.1. The van der Waals surface area contributed by atoms with Crippen molar-refractivity contribution in [2.75, 3.05) is 31.1 Å². The van der Waals surface area contributed by atoms with Crippen molar-refractivity contribution in [2.45, 2.75) is 25.3 Å². The van der Waals surface area contributed by atoms with E-state index >= 15 is 0 Å². The topological polar surface area (TPSA) is 49.6 Å². The fourth-order valence-electron chi connectivity index (χ4n) is 3.28. The van der Waals surface area contributed by atoms with Crippen LogP contribution in [0.3, 0.4) is 0 Å². The first kappa shape index (κ1) is 13.3. The molecule has 0 bridgehead atoms. The summed E-state index contributed by atoms with van der Waals surface area (Å²) < 4.78 is 13.2. The van der Waals surface area contributed by atoms with E-state index in [1.807, 2.05) is 4.90 Å². The average molecular weight is 279 g/mol. The van der Waals surface area contributed by atoms with E-state index in [-0.39, 0.29) is 5.69 Å². The van der Waals surface area contributed by atoms with Gasteiger partial charge in [-0.1, -0.05) is 0 Å². The van der Waals surface area contributed by atoms with Crippen molar-refractivity contribution >= 4 is 11.4 Å². The van der Waals surface area contributed by atoms with Gasteiger partial charge in [0.2, 0.25) is 0 Å². The number of hydrogen-bond acceptors (Lipinski definition) is 4. The van der Waals surface area contributed by atoms with Crippen molar-refractivity contribution in [1.29, 1.82) is 0 Å². The van der Waals surface area contributed by atoms with E-state index in [9.17, 15) is 14.5 Å². The van der Waals surface area contributed by atoms with Crippen LogP contribution in [0.5, 0.6) is 0 Å². The first-order valence-corrected chi connectivity index (χ1v) is 7.08. The maximum Gasteiger partial charge on any atom is 0.295 e. The molecule has 1 aromatic rings. The molecule has 3 rings (SSSR count). The van der Waals surface area contributed by atoms with Crippen LogP contribution in [0, 0.1) is 15.9 Å². The Morgan fingerprint density at radius 3 is 2.70 bits per heavy atom. The van der Waals surface area contributed by atoms with E-state index in [4.69, 9.17) is 0 Å². The van der Waals surface area contributed by atoms with Crippen LogP contribution in [-0.2, 0) is 0 Å². The summed E-state index contributed by atoms with van der Waals surface area (Å²) in [5.41, 5.74) is 0.408. The number of benzene rings is 1. The van der Waals surface area contributed by atoms with Gasteiger partial charge in [-0.05, 0) is 44.5 Å². The molecule has 6 heteroatoms. The number of nitro groups is 1. The van der Waals surface area contributed by atoms with Crippen molar-refractivity contribution in [3.63, 3.8) is 0 Å². The Morgan fingerprint density at radius 2 is 2.00 bits per heavy atom. The number of anilines is 1. The van der Waals surface area contributed by atoms with Crippen LogP contribution in [0.25, 0.3) is 0 Å². The third-order valence-corrected chi connectivity index (χ3v) is 4.30. The third kappa shape index (κ3) is 2.47. The van der Waals surface area contributed by atoms with Gasteiger partial charge in [0.25, 0.3) is 5.69 Å². The van der Waals surface area contributed by atoms with Crippen LogP contribution in [0.4, 0.5) is 15.8 Å². The Balaban J connectivity index is 1.78. The molecule has 0 spiro atoms. The minimum atomic E-state index is -0.560. The van der Waals surface area contributed by atoms with E-state index in [0.717, 1.165) is 38.7 Å². The van der Waals surface area contributed by atoms with Gasteiger partial charge >= 0.3 is 0 Å². The lowest BCUT2D eigenvalue weighted by Gasteiger charge is -2.24. The second-order valence-electron chi connectivity index (χ2n) is 5.52. The van der Waals surface area contributed by atoms with Crippen molar-refractivity contribution in [1.82, 2.24) is 4.90 Å². The van der Waals surface area contributed by atoms with Gasteiger partial charge in [0.15, 0.2) is 0 Å². The molecule has 2 saturated heterocycles. The summed E-state index contributed by atoms with van der Waals surface area (Å²) in [6.07, 6.45) is 3.51. The number of nitrogens with zero attached hydrogens (tertiary/aromatic N) is 3. The SMILES string of the molecule is O=[N+]([O-])c1cc(F)ccc1N1CCC(N2CCCC2)C1. The first-order valence-electron chi connectivity index (χ1n) is 7.08. The molecule has 2 aliphatic rings. The van der Waals surface area contributed by atoms with E-state index in [2.05, 4.69) is 4.90 Å². The van der Waals surface area contributed by atoms with Gasteiger partial charge in [-0.3, -0.25) is 15.0 Å². The zero-order chi connectivity index (χ0) is 14.1. The van der Waals surface area contributed by atoms with Crippen LogP contribution in [0.1, 0.15) is 19.3 Å². The van der Waals surface area contributed by atoms with Crippen LogP contribution in [-0.4, -0.2) is 42.0 Å². The average Bonchev–Trinajstić information content (AvgIpc) is 3.09. The normalized spacial score (nSPS) is 23.4. The Labute approximate surface area is 117 Å². The molecule has 0 radical (unpaired) electrons. The van der Waals surface area contributed by atoms with E-state index < -0.39 is 10.7 Å². The second-order valence-corrected chi connectivity index (χ2v) is 5.52. The van der Waals surface area contributed by atoms with Crippen molar-refractivity contribution in [3.05, 3.63) is 34.1 Å². The fourth-order valence-corrected chi connectivity index (χ4v) is 3.28. The highest BCUT2D eigenvalue weighted by molar-refractivity contribution is 5.63. The number of likely N-dealkylation sites (tertiary alicyclic amines) is 1. The Morgan fingerprint density at radius 1 is 1.25 bits per heavy atom. The standard InChI is InChI=1S/C14H18FN3O2/c15-11-3-4-13(14(9-11)18(19)20)17-8-5-12(10-17)16-6-1-2-7-16/h3-4,9,12H,1-2,5-8,10H2. The highest BCUT2D eigenvalue weighted by Crippen LogP contribution is 2.32. The summed E-state index contributed by atoms with van der Waals surface area (Å²) in [5, 5.41) is 11.1. The van der Waals surface area contributed by atoms with Gasteiger partial charge in [-0.15, -0.1) is 0 Å². The summed E-state index contributed by atoms with van der Waals surface area (Å²) in [6, 6.07) is 4.31. The number of nitro benzene ring substituents is 1. The molecule has 2 fully saturated rings. The van der Waals surface area contributed by atoms with E-state index in [1.165, 1.54) is 25.0 Å². The predicted molar refractivity (Wildman–Crippen MR) is 74.5 cm³/mol. The van der Waals surface area contributed by atoms with E-state index in [0.29, 0.717) is 11.7 Å². The van der Waals surface area contributed by atoms with E-state index in [1.54, 1.807) is 0 Å². The van der Waals surface area contributed by atoms with Gasteiger partial charge in [0.05, 0.1) is 11.0 Å². The van der Waals surface area contributed by atoms with Gasteiger partial charge in [0.1, 0.15) is 11.5 Å². The Kier molecular flexibility index (Phi) is 3.56. The molecule has 2 heterocycles. The molecule has 1 atom stereocenters. The molecular formula is C14H18FN3O2. The molecule has 0 aromatic heterocycles. The second kappa shape index (κ2) is 5.36. The number of rotatable bonds is 3. The van der Waals surface area contributed by atoms with Crippen LogP contribution >= 0.6 is 0 Å². The van der Waals surface area contributed by atoms with Crippen molar-refractivity contribution in [3.8, 4) is 0 Å². The molecule has 0 saturated carbocycles. The number of hydrogen-bond donors (Lipinski definition) is 0. The summed E-state index contributed by atoms with van der Waals surface area (Å²) >= 11 is 0. The highest BCUT2D eigenvalue weighted by Gasteiger charge is 2.32. The lowest BCUT2D eigenvalue weighted by atomic mass is 10.2. The quantitative estimate of drug-likeness (QED) is 0.630. The molecule has 20 heavy (non-hydrogen) atoms. The molecule has 0 aliphatic carbocycles. The molecular weight excluding hydrogens is 261 g/mol. The zero-order valence-corrected chi connectivity index (χ0v) is 11.3. The monoisotopic (exact) mass is 279 g/mol. The van der Waals surface area contributed by atoms with Gasteiger partial charge < -0.3 is 4.90 Å². The van der Waals surface area contributed by atoms with Crippen molar-refractivity contribution < 1.29 is 9.31 Å². The van der Waals surface area contributed by atoms with Crippen LogP contribution in [0.15, 0.2) is 18.2 Å². The Bertz CT molecular complexity index is 517. The van der Waals surface area contributed by atoms with Gasteiger partial charge in [-0.2, -0.15) is 0 Å². The molecule has 0 amide bonds. The molecule has 108 valence electrons. The molecule has 2 aliphatic heterocycles. The lowest BCUT2D eigenvalue weighted by molar-refractivity contribution is -0.384. The molecule has 0 N–H and O–H groups in total. The Hall–Kier alpha value is -1.69. The van der Waals surface area contributed by atoms with Crippen LogP contribution in [0.2, 0.25) is 0 Å². The molecule has 1 unspecified atom stereocenters. The van der Waals surface area contributed by atoms with Gasteiger partial charge in [0, 0.05) is 19.1 Å². The van der Waals surface area contributed by atoms with Crippen molar-refractivity contribution in [2.24, 2.45) is 0 Å².